The van der Waals surface area contributed by atoms with Gasteiger partial charge in [0.25, 0.3) is 0 Å². The number of likely N-dealkylation sites (tertiary alicyclic amines) is 1. The molecule has 0 spiro atoms. The first kappa shape index (κ1) is 24.4. The predicted molar refractivity (Wildman–Crippen MR) is 114 cm³/mol. The number of halogens is 1. The van der Waals surface area contributed by atoms with E-state index in [0.717, 1.165) is 37.9 Å². The lowest BCUT2D eigenvalue weighted by Crippen LogP contribution is -2.51. The number of amides is 1. The van der Waals surface area contributed by atoms with Crippen molar-refractivity contribution >= 4 is 24.3 Å². The highest BCUT2D eigenvalue weighted by Gasteiger charge is 2.29. The Morgan fingerprint density at radius 1 is 1.21 bits per heavy atom. The van der Waals surface area contributed by atoms with Crippen molar-refractivity contribution in [3.63, 3.8) is 0 Å². The Morgan fingerprint density at radius 3 is 2.29 bits per heavy atom. The maximum Gasteiger partial charge on any atom is 0.317 e. The molecule has 0 aliphatic carbocycles. The molecule has 1 saturated heterocycles. The van der Waals surface area contributed by atoms with E-state index in [4.69, 9.17) is 5.11 Å². The van der Waals surface area contributed by atoms with Gasteiger partial charge in [-0.25, -0.2) is 0 Å². The summed E-state index contributed by atoms with van der Waals surface area (Å²) in [5.41, 5.74) is 2.41. The van der Waals surface area contributed by atoms with Crippen LogP contribution in [0.3, 0.4) is 0 Å². The molecule has 7 heteroatoms. The fraction of sp³-hybridized carbons (Fsp3) is 0.619. The van der Waals surface area contributed by atoms with Gasteiger partial charge in [0.2, 0.25) is 5.91 Å². The molecule has 158 valence electrons. The van der Waals surface area contributed by atoms with Crippen LogP contribution in [-0.4, -0.2) is 65.5 Å². The molecule has 1 heterocycles. The highest BCUT2D eigenvalue weighted by atomic mass is 35.5. The number of piperidine rings is 1. The van der Waals surface area contributed by atoms with E-state index in [2.05, 4.69) is 41.4 Å². The lowest BCUT2D eigenvalue weighted by molar-refractivity contribution is -0.138. The standard InChI is InChI=1S/C21H33N3O3.ClH/c1-5-17-6-8-18(9-7-17)15(2)22-21(27)16(3)24-12-10-19(11-13-24)23(4)14-20(25)26;/h6-9,15-16,19H,5,10-14H2,1-4H3,(H,22,27)(H,25,26);1H. The van der Waals surface area contributed by atoms with Gasteiger partial charge in [-0.3, -0.25) is 19.4 Å². The van der Waals surface area contributed by atoms with Gasteiger partial charge in [0.15, 0.2) is 0 Å². The molecule has 2 N–H and O–H groups in total. The smallest absolute Gasteiger partial charge is 0.317 e. The van der Waals surface area contributed by atoms with Crippen LogP contribution in [0.25, 0.3) is 0 Å². The number of aryl methyl sites for hydroxylation is 1. The number of carboxylic acids is 1. The summed E-state index contributed by atoms with van der Waals surface area (Å²) in [6, 6.07) is 8.44. The molecule has 2 atom stereocenters. The van der Waals surface area contributed by atoms with Crippen LogP contribution in [0.5, 0.6) is 0 Å². The largest absolute Gasteiger partial charge is 0.480 e. The van der Waals surface area contributed by atoms with Crippen molar-refractivity contribution in [2.45, 2.75) is 58.2 Å². The molecule has 0 bridgehead atoms. The van der Waals surface area contributed by atoms with Gasteiger partial charge in [-0.05, 0) is 51.3 Å². The molecule has 0 saturated carbocycles. The molecular weight excluding hydrogens is 378 g/mol. The van der Waals surface area contributed by atoms with Crippen LogP contribution in [0.1, 0.15) is 50.8 Å². The van der Waals surface area contributed by atoms with Gasteiger partial charge in [-0.15, -0.1) is 12.4 Å². The van der Waals surface area contributed by atoms with Crippen molar-refractivity contribution in [2.75, 3.05) is 26.7 Å². The Morgan fingerprint density at radius 2 is 1.79 bits per heavy atom. The normalized spacial score (nSPS) is 17.6. The molecule has 1 aliphatic rings. The second-order valence-electron chi connectivity index (χ2n) is 7.58. The SMILES string of the molecule is CCc1ccc(C(C)NC(=O)C(C)N2CCC(N(C)CC(=O)O)CC2)cc1.Cl. The molecule has 1 amide bonds. The second-order valence-corrected chi connectivity index (χ2v) is 7.58. The van der Waals surface area contributed by atoms with Crippen LogP contribution >= 0.6 is 12.4 Å². The summed E-state index contributed by atoms with van der Waals surface area (Å²) in [5.74, 6) is -0.756. The fourth-order valence-corrected chi connectivity index (χ4v) is 3.68. The molecule has 2 rings (SSSR count). The van der Waals surface area contributed by atoms with Crippen LogP contribution < -0.4 is 5.32 Å². The number of hydrogen-bond donors (Lipinski definition) is 2. The minimum atomic E-state index is -0.798. The average molecular weight is 412 g/mol. The molecule has 0 radical (unpaired) electrons. The first-order valence-electron chi connectivity index (χ1n) is 9.87. The Labute approximate surface area is 174 Å². The molecule has 6 nitrogen and oxygen atoms in total. The molecule has 1 aromatic carbocycles. The third-order valence-corrected chi connectivity index (χ3v) is 5.68. The summed E-state index contributed by atoms with van der Waals surface area (Å²) in [4.78, 5) is 27.6. The van der Waals surface area contributed by atoms with Gasteiger partial charge in [0.1, 0.15) is 0 Å². The van der Waals surface area contributed by atoms with Crippen LogP contribution in [-0.2, 0) is 16.0 Å². The topological polar surface area (TPSA) is 72.9 Å². The summed E-state index contributed by atoms with van der Waals surface area (Å²) >= 11 is 0. The molecule has 1 fully saturated rings. The van der Waals surface area contributed by atoms with E-state index in [1.807, 2.05) is 25.8 Å². The van der Waals surface area contributed by atoms with Crippen molar-refractivity contribution in [3.8, 4) is 0 Å². The Bertz CT molecular complexity index is 630. The zero-order valence-electron chi connectivity index (χ0n) is 17.4. The van der Waals surface area contributed by atoms with Crippen LogP contribution in [0.15, 0.2) is 24.3 Å². The van der Waals surface area contributed by atoms with Crippen molar-refractivity contribution in [2.24, 2.45) is 0 Å². The number of benzene rings is 1. The molecule has 1 aliphatic heterocycles. The molecular formula is C21H34ClN3O3. The van der Waals surface area contributed by atoms with E-state index in [0.29, 0.717) is 0 Å². The van der Waals surface area contributed by atoms with Crippen LogP contribution in [0.4, 0.5) is 0 Å². The number of rotatable bonds is 8. The number of nitrogens with one attached hydrogen (secondary N) is 1. The average Bonchev–Trinajstić information content (AvgIpc) is 2.67. The summed E-state index contributed by atoms with van der Waals surface area (Å²) in [5, 5.41) is 12.1. The second kappa shape index (κ2) is 11.4. The highest BCUT2D eigenvalue weighted by molar-refractivity contribution is 5.85. The van der Waals surface area contributed by atoms with E-state index in [-0.39, 0.29) is 43.0 Å². The van der Waals surface area contributed by atoms with Gasteiger partial charge in [0, 0.05) is 19.1 Å². The molecule has 1 aromatic rings. The number of carboxylic acid groups (broad SMARTS) is 1. The van der Waals surface area contributed by atoms with Gasteiger partial charge in [-0.2, -0.15) is 0 Å². The van der Waals surface area contributed by atoms with Gasteiger partial charge in [-0.1, -0.05) is 31.2 Å². The monoisotopic (exact) mass is 411 g/mol. The minimum absolute atomic E-state index is 0. The molecule has 28 heavy (non-hydrogen) atoms. The Balaban J connectivity index is 0.00000392. The fourth-order valence-electron chi connectivity index (χ4n) is 3.68. The third kappa shape index (κ3) is 6.76. The van der Waals surface area contributed by atoms with E-state index < -0.39 is 5.97 Å². The third-order valence-electron chi connectivity index (χ3n) is 5.68. The van der Waals surface area contributed by atoms with E-state index in [1.165, 1.54) is 5.56 Å². The summed E-state index contributed by atoms with van der Waals surface area (Å²) < 4.78 is 0. The Kier molecular flexibility index (Phi) is 9.93. The molecule has 2 unspecified atom stereocenters. The van der Waals surface area contributed by atoms with Crippen molar-refractivity contribution in [1.82, 2.24) is 15.1 Å². The highest BCUT2D eigenvalue weighted by Crippen LogP contribution is 2.19. The lowest BCUT2D eigenvalue weighted by Gasteiger charge is -2.38. The summed E-state index contributed by atoms with van der Waals surface area (Å²) in [7, 11) is 1.86. The quantitative estimate of drug-likeness (QED) is 0.688. The maximum atomic E-state index is 12.7. The van der Waals surface area contributed by atoms with E-state index in [1.54, 1.807) is 0 Å². The first-order chi connectivity index (χ1) is 12.8. The number of likely N-dealkylation sites (N-methyl/N-ethyl adjacent to an activating group) is 1. The number of aliphatic carboxylic acids is 1. The van der Waals surface area contributed by atoms with Crippen molar-refractivity contribution in [1.29, 1.82) is 0 Å². The first-order valence-corrected chi connectivity index (χ1v) is 9.87. The van der Waals surface area contributed by atoms with Gasteiger partial charge < -0.3 is 10.4 Å². The number of nitrogens with zero attached hydrogens (tertiary/aromatic N) is 2. The zero-order valence-corrected chi connectivity index (χ0v) is 18.2. The summed E-state index contributed by atoms with van der Waals surface area (Å²) in [6.07, 6.45) is 2.78. The van der Waals surface area contributed by atoms with Crippen molar-refractivity contribution < 1.29 is 14.7 Å². The zero-order chi connectivity index (χ0) is 20.0. The van der Waals surface area contributed by atoms with Gasteiger partial charge >= 0.3 is 5.97 Å². The van der Waals surface area contributed by atoms with E-state index in [9.17, 15) is 9.59 Å². The van der Waals surface area contributed by atoms with Crippen LogP contribution in [0, 0.1) is 0 Å². The van der Waals surface area contributed by atoms with E-state index >= 15 is 0 Å². The van der Waals surface area contributed by atoms with Crippen molar-refractivity contribution in [3.05, 3.63) is 35.4 Å². The van der Waals surface area contributed by atoms with Gasteiger partial charge in [0.05, 0.1) is 18.6 Å². The maximum absolute atomic E-state index is 12.7. The minimum Gasteiger partial charge on any atom is -0.480 e. The predicted octanol–water partition coefficient (Wildman–Crippen LogP) is 2.72. The van der Waals surface area contributed by atoms with Crippen LogP contribution in [0.2, 0.25) is 0 Å². The summed E-state index contributed by atoms with van der Waals surface area (Å²) in [6.45, 7) is 7.77. The number of hydrogen-bond acceptors (Lipinski definition) is 4. The number of carbonyl (C=O) groups excluding carboxylic acids is 1. The molecule has 0 aromatic heterocycles. The lowest BCUT2D eigenvalue weighted by atomic mass is 10.0. The Hall–Kier alpha value is -1.63. The number of carbonyl (C=O) groups is 2.